The minimum absolute atomic E-state index is 0.373. The molecule has 1 amide bonds. The van der Waals surface area contributed by atoms with Gasteiger partial charge in [0, 0.05) is 42.7 Å². The highest BCUT2D eigenvalue weighted by atomic mass is 19.4. The molecule has 0 spiro atoms. The zero-order chi connectivity index (χ0) is 22.2. The van der Waals surface area contributed by atoms with Gasteiger partial charge in [0.15, 0.2) is 5.65 Å². The molecule has 1 N–H and O–H groups in total. The molecular formula is C23H19F3N4O. The predicted octanol–water partition coefficient (Wildman–Crippen LogP) is 5.32. The lowest BCUT2D eigenvalue weighted by Crippen LogP contribution is -2.10. The van der Waals surface area contributed by atoms with E-state index in [1.807, 2.05) is 49.5 Å². The maximum absolute atomic E-state index is 13.2. The number of imidazole rings is 1. The van der Waals surface area contributed by atoms with Crippen LogP contribution in [-0.4, -0.2) is 29.9 Å². The number of amides is 1. The van der Waals surface area contributed by atoms with Crippen LogP contribution in [0.3, 0.4) is 0 Å². The molecule has 0 unspecified atom stereocenters. The second-order valence-corrected chi connectivity index (χ2v) is 7.23. The van der Waals surface area contributed by atoms with Gasteiger partial charge in [0.2, 0.25) is 6.41 Å². The van der Waals surface area contributed by atoms with Gasteiger partial charge < -0.3 is 10.2 Å². The monoisotopic (exact) mass is 424 g/mol. The Kier molecular flexibility index (Phi) is 5.14. The molecule has 0 atom stereocenters. The van der Waals surface area contributed by atoms with Gasteiger partial charge in [-0.2, -0.15) is 13.2 Å². The number of fused-ring (bicyclic) bond motifs is 1. The number of nitrogens with zero attached hydrogens (tertiary/aromatic N) is 3. The van der Waals surface area contributed by atoms with Crippen molar-refractivity contribution in [1.29, 1.82) is 0 Å². The lowest BCUT2D eigenvalue weighted by molar-refractivity contribution is -0.137. The van der Waals surface area contributed by atoms with Gasteiger partial charge in [-0.15, -0.1) is 0 Å². The topological polar surface area (TPSA) is 49.6 Å². The first-order valence-electron chi connectivity index (χ1n) is 9.45. The van der Waals surface area contributed by atoms with E-state index < -0.39 is 11.7 Å². The lowest BCUT2D eigenvalue weighted by atomic mass is 10.0. The van der Waals surface area contributed by atoms with Crippen LogP contribution in [0.25, 0.3) is 28.0 Å². The number of carbonyl (C=O) groups excluding carboxylic acids is 1. The van der Waals surface area contributed by atoms with Gasteiger partial charge in [-0.25, -0.2) is 4.98 Å². The van der Waals surface area contributed by atoms with Crippen LogP contribution in [0.5, 0.6) is 0 Å². The van der Waals surface area contributed by atoms with E-state index in [1.54, 1.807) is 16.5 Å². The molecule has 4 rings (SSSR count). The summed E-state index contributed by atoms with van der Waals surface area (Å²) >= 11 is 0. The van der Waals surface area contributed by atoms with Gasteiger partial charge in [-0.1, -0.05) is 30.3 Å². The first-order chi connectivity index (χ1) is 14.8. The minimum atomic E-state index is -4.45. The van der Waals surface area contributed by atoms with Gasteiger partial charge in [0.05, 0.1) is 23.1 Å². The summed E-state index contributed by atoms with van der Waals surface area (Å²) < 4.78 is 41.4. The number of aromatic nitrogens is 2. The van der Waals surface area contributed by atoms with Crippen molar-refractivity contribution in [2.45, 2.75) is 6.18 Å². The summed E-state index contributed by atoms with van der Waals surface area (Å²) in [5.74, 6) is 0. The molecule has 2 aromatic heterocycles. The van der Waals surface area contributed by atoms with Crippen LogP contribution >= 0.6 is 0 Å². The first-order valence-corrected chi connectivity index (χ1v) is 9.45. The molecule has 0 aliphatic rings. The van der Waals surface area contributed by atoms with Crippen LogP contribution in [0.2, 0.25) is 0 Å². The highest BCUT2D eigenvalue weighted by Crippen LogP contribution is 2.36. The molecule has 0 bridgehead atoms. The Bertz CT molecular complexity index is 1260. The fourth-order valence-corrected chi connectivity index (χ4v) is 3.58. The van der Waals surface area contributed by atoms with E-state index in [4.69, 9.17) is 0 Å². The normalized spacial score (nSPS) is 11.5. The number of rotatable bonds is 5. The molecule has 0 aliphatic carbocycles. The average Bonchev–Trinajstić information content (AvgIpc) is 3.18. The highest BCUT2D eigenvalue weighted by molar-refractivity contribution is 5.88. The van der Waals surface area contributed by atoms with E-state index in [2.05, 4.69) is 10.3 Å². The maximum atomic E-state index is 13.2. The van der Waals surface area contributed by atoms with E-state index >= 15 is 0 Å². The van der Waals surface area contributed by atoms with Crippen molar-refractivity contribution in [1.82, 2.24) is 9.38 Å². The summed E-state index contributed by atoms with van der Waals surface area (Å²) in [6.45, 7) is 0. The van der Waals surface area contributed by atoms with Crippen molar-refractivity contribution in [3.63, 3.8) is 0 Å². The fraction of sp³-hybridized carbons (Fsp3) is 0.130. The van der Waals surface area contributed by atoms with Crippen LogP contribution in [0.1, 0.15) is 5.56 Å². The van der Waals surface area contributed by atoms with E-state index in [-0.39, 0.29) is 0 Å². The molecule has 158 valence electrons. The van der Waals surface area contributed by atoms with Crippen molar-refractivity contribution < 1.29 is 18.0 Å². The second kappa shape index (κ2) is 7.79. The van der Waals surface area contributed by atoms with Crippen LogP contribution in [0.4, 0.5) is 24.5 Å². The van der Waals surface area contributed by atoms with Gasteiger partial charge in [0.25, 0.3) is 0 Å². The maximum Gasteiger partial charge on any atom is 0.416 e. The molecule has 2 heterocycles. The van der Waals surface area contributed by atoms with Gasteiger partial charge in [-0.05, 0) is 24.3 Å². The number of para-hydroxylation sites is 1. The molecule has 0 aliphatic heterocycles. The summed E-state index contributed by atoms with van der Waals surface area (Å²) in [5.41, 5.74) is 3.67. The van der Waals surface area contributed by atoms with E-state index in [1.165, 1.54) is 12.3 Å². The molecule has 31 heavy (non-hydrogen) atoms. The largest absolute Gasteiger partial charge is 0.416 e. The SMILES string of the molecule is CN(C)c1ccccc1-c1cc(NC=O)c2ncc(-c3cccc(C(F)(F)F)c3)n2c1. The zero-order valence-electron chi connectivity index (χ0n) is 16.8. The van der Waals surface area contributed by atoms with Crippen molar-refractivity contribution in [2.24, 2.45) is 0 Å². The standard InChI is InChI=1S/C23H19F3N4O/c1-29(2)20-9-4-3-8-18(20)16-11-19(28-14-31)22-27-12-21(30(22)13-16)15-6-5-7-17(10-15)23(24,25)26/h3-14H,1-2H3,(H,28,31). The highest BCUT2D eigenvalue weighted by Gasteiger charge is 2.30. The van der Waals surface area contributed by atoms with Gasteiger partial charge >= 0.3 is 6.18 Å². The minimum Gasteiger partial charge on any atom is -0.377 e. The van der Waals surface area contributed by atoms with Crippen molar-refractivity contribution in [2.75, 3.05) is 24.3 Å². The third-order valence-electron chi connectivity index (χ3n) is 5.00. The first kappa shape index (κ1) is 20.5. The van der Waals surface area contributed by atoms with Crippen LogP contribution in [-0.2, 0) is 11.0 Å². The summed E-state index contributed by atoms with van der Waals surface area (Å²) in [4.78, 5) is 17.5. The lowest BCUT2D eigenvalue weighted by Gasteiger charge is -2.18. The Balaban J connectivity index is 1.96. The molecule has 0 saturated carbocycles. The Morgan fingerprint density at radius 2 is 1.81 bits per heavy atom. The Hall–Kier alpha value is -3.81. The Morgan fingerprint density at radius 1 is 1.03 bits per heavy atom. The second-order valence-electron chi connectivity index (χ2n) is 7.23. The summed E-state index contributed by atoms with van der Waals surface area (Å²) in [7, 11) is 3.85. The molecule has 4 aromatic rings. The average molecular weight is 424 g/mol. The zero-order valence-corrected chi connectivity index (χ0v) is 16.8. The molecule has 0 radical (unpaired) electrons. The Morgan fingerprint density at radius 3 is 2.52 bits per heavy atom. The van der Waals surface area contributed by atoms with Crippen molar-refractivity contribution in [3.05, 3.63) is 72.6 Å². The van der Waals surface area contributed by atoms with E-state index in [0.29, 0.717) is 29.0 Å². The number of benzene rings is 2. The number of pyridine rings is 1. The van der Waals surface area contributed by atoms with E-state index in [0.717, 1.165) is 28.9 Å². The van der Waals surface area contributed by atoms with Crippen molar-refractivity contribution in [3.8, 4) is 22.4 Å². The number of alkyl halides is 3. The number of anilines is 2. The number of hydrogen-bond acceptors (Lipinski definition) is 3. The van der Waals surface area contributed by atoms with Gasteiger partial charge in [0.1, 0.15) is 0 Å². The summed E-state index contributed by atoms with van der Waals surface area (Å²) in [5, 5.41) is 2.65. The van der Waals surface area contributed by atoms with Crippen LogP contribution < -0.4 is 10.2 Å². The summed E-state index contributed by atoms with van der Waals surface area (Å²) in [6.07, 6.45) is -0.579. The third-order valence-corrected chi connectivity index (χ3v) is 5.00. The smallest absolute Gasteiger partial charge is 0.377 e. The molecule has 8 heteroatoms. The fourth-order valence-electron chi connectivity index (χ4n) is 3.58. The van der Waals surface area contributed by atoms with Crippen LogP contribution in [0.15, 0.2) is 67.0 Å². The molecule has 5 nitrogen and oxygen atoms in total. The predicted molar refractivity (Wildman–Crippen MR) is 115 cm³/mol. The number of carbonyl (C=O) groups is 1. The van der Waals surface area contributed by atoms with E-state index in [9.17, 15) is 18.0 Å². The summed E-state index contributed by atoms with van der Waals surface area (Å²) in [6, 6.07) is 14.6. The number of hydrogen-bond donors (Lipinski definition) is 1. The molecule has 2 aromatic carbocycles. The number of halogens is 3. The Labute approximate surface area is 176 Å². The molecule has 0 fully saturated rings. The molecule has 0 saturated heterocycles. The van der Waals surface area contributed by atoms with Gasteiger partial charge in [-0.3, -0.25) is 9.20 Å². The molecular weight excluding hydrogens is 405 g/mol. The van der Waals surface area contributed by atoms with Crippen LogP contribution in [0, 0.1) is 0 Å². The third kappa shape index (κ3) is 3.84. The quantitative estimate of drug-likeness (QED) is 0.441. The van der Waals surface area contributed by atoms with Crippen molar-refractivity contribution >= 4 is 23.4 Å². The number of nitrogens with one attached hydrogen (secondary N) is 1.